The van der Waals surface area contributed by atoms with Gasteiger partial charge in [-0.05, 0) is 57.0 Å². The molecule has 6 heteroatoms. The molecule has 1 aliphatic heterocycles. The van der Waals surface area contributed by atoms with Crippen molar-refractivity contribution in [1.29, 1.82) is 0 Å². The summed E-state index contributed by atoms with van der Waals surface area (Å²) in [6, 6.07) is 3.62. The summed E-state index contributed by atoms with van der Waals surface area (Å²) in [6.45, 7) is 4.63. The predicted molar refractivity (Wildman–Crippen MR) is 86.6 cm³/mol. The van der Waals surface area contributed by atoms with Crippen molar-refractivity contribution >= 4 is 0 Å². The zero-order valence-corrected chi connectivity index (χ0v) is 13.7. The van der Waals surface area contributed by atoms with E-state index in [2.05, 4.69) is 14.9 Å². The van der Waals surface area contributed by atoms with Crippen molar-refractivity contribution in [3.05, 3.63) is 53.5 Å². The number of likely N-dealkylation sites (tertiary alicyclic amines) is 1. The molecule has 24 heavy (non-hydrogen) atoms. The lowest BCUT2D eigenvalue weighted by Crippen LogP contribution is -2.35. The molecule has 0 N–H and O–H groups in total. The fourth-order valence-corrected chi connectivity index (χ4v) is 2.95. The highest BCUT2D eigenvalue weighted by molar-refractivity contribution is 5.18. The molecule has 0 saturated carbocycles. The Kier molecular flexibility index (Phi) is 5.35. The third-order valence-electron chi connectivity index (χ3n) is 4.40. The highest BCUT2D eigenvalue weighted by Crippen LogP contribution is 2.22. The van der Waals surface area contributed by atoms with Gasteiger partial charge in [-0.1, -0.05) is 0 Å². The number of hydrogen-bond donors (Lipinski definition) is 0. The van der Waals surface area contributed by atoms with Crippen molar-refractivity contribution in [2.75, 3.05) is 19.7 Å². The summed E-state index contributed by atoms with van der Waals surface area (Å²) >= 11 is 0. The maximum absolute atomic E-state index is 13.7. The number of rotatable bonds is 5. The molecule has 0 radical (unpaired) electrons. The summed E-state index contributed by atoms with van der Waals surface area (Å²) in [7, 11) is 0. The Morgan fingerprint density at radius 3 is 2.67 bits per heavy atom. The molecule has 2 aromatic rings. The van der Waals surface area contributed by atoms with Crippen LogP contribution in [0.15, 0.2) is 30.6 Å². The van der Waals surface area contributed by atoms with E-state index in [1.165, 1.54) is 12.1 Å². The van der Waals surface area contributed by atoms with Crippen LogP contribution in [0, 0.1) is 24.5 Å². The van der Waals surface area contributed by atoms with Gasteiger partial charge in [-0.15, -0.1) is 0 Å². The van der Waals surface area contributed by atoms with Crippen molar-refractivity contribution in [3.63, 3.8) is 0 Å². The summed E-state index contributed by atoms with van der Waals surface area (Å²) in [5.74, 6) is 0.288. The monoisotopic (exact) mass is 333 g/mol. The molecule has 1 aliphatic rings. The average Bonchev–Trinajstić information content (AvgIpc) is 2.59. The first-order valence-corrected chi connectivity index (χ1v) is 8.18. The van der Waals surface area contributed by atoms with Gasteiger partial charge < -0.3 is 4.74 Å². The highest BCUT2D eigenvalue weighted by atomic mass is 19.1. The molecule has 1 aromatic carbocycles. The van der Waals surface area contributed by atoms with Crippen LogP contribution in [0.4, 0.5) is 8.78 Å². The van der Waals surface area contributed by atoms with Gasteiger partial charge in [-0.2, -0.15) is 0 Å². The Balaban J connectivity index is 1.47. The van der Waals surface area contributed by atoms with Gasteiger partial charge in [-0.25, -0.2) is 13.8 Å². The maximum atomic E-state index is 13.7. The van der Waals surface area contributed by atoms with E-state index in [1.54, 1.807) is 12.4 Å². The summed E-state index contributed by atoms with van der Waals surface area (Å²) in [4.78, 5) is 10.5. The molecule has 0 unspecified atom stereocenters. The van der Waals surface area contributed by atoms with Crippen LogP contribution in [-0.2, 0) is 6.54 Å². The molecule has 0 atom stereocenters. The molecular weight excluding hydrogens is 312 g/mol. The molecule has 4 nitrogen and oxygen atoms in total. The number of aryl methyl sites for hydroxylation is 1. The largest absolute Gasteiger partial charge is 0.476 e. The first-order chi connectivity index (χ1) is 11.6. The lowest BCUT2D eigenvalue weighted by atomic mass is 9.97. The van der Waals surface area contributed by atoms with Gasteiger partial charge in [0.1, 0.15) is 11.6 Å². The number of benzene rings is 1. The number of ether oxygens (including phenoxy) is 1. The van der Waals surface area contributed by atoms with Crippen LogP contribution in [0.1, 0.15) is 24.1 Å². The van der Waals surface area contributed by atoms with Crippen molar-refractivity contribution in [2.45, 2.75) is 26.3 Å². The minimum Gasteiger partial charge on any atom is -0.476 e. The predicted octanol–water partition coefficient (Wildman–Crippen LogP) is 3.35. The van der Waals surface area contributed by atoms with Gasteiger partial charge >= 0.3 is 0 Å². The lowest BCUT2D eigenvalue weighted by Gasteiger charge is -2.31. The summed E-state index contributed by atoms with van der Waals surface area (Å²) in [5, 5.41) is 0. The van der Waals surface area contributed by atoms with Gasteiger partial charge in [0.2, 0.25) is 5.88 Å². The summed E-state index contributed by atoms with van der Waals surface area (Å²) in [6.07, 6.45) is 5.21. The third kappa shape index (κ3) is 4.26. The second-order valence-electron chi connectivity index (χ2n) is 6.21. The first kappa shape index (κ1) is 16.8. The Hall–Kier alpha value is -2.08. The van der Waals surface area contributed by atoms with Crippen LogP contribution in [0.5, 0.6) is 5.88 Å². The number of halogens is 2. The molecular formula is C18H21F2N3O. The number of hydrogen-bond acceptors (Lipinski definition) is 4. The van der Waals surface area contributed by atoms with E-state index >= 15 is 0 Å². The van der Waals surface area contributed by atoms with Crippen molar-refractivity contribution < 1.29 is 13.5 Å². The van der Waals surface area contributed by atoms with Crippen molar-refractivity contribution in [1.82, 2.24) is 14.9 Å². The van der Waals surface area contributed by atoms with E-state index in [-0.39, 0.29) is 5.82 Å². The number of piperidine rings is 1. The fraction of sp³-hybridized carbons (Fsp3) is 0.444. The Bertz CT molecular complexity index is 688. The molecule has 0 amide bonds. The minimum absolute atomic E-state index is 0.347. The van der Waals surface area contributed by atoms with Gasteiger partial charge in [0.25, 0.3) is 0 Å². The molecule has 0 bridgehead atoms. The second-order valence-corrected chi connectivity index (χ2v) is 6.21. The minimum atomic E-state index is -0.394. The SMILES string of the molecule is Cc1nccnc1OCC1CCN(Cc2cc(F)ccc2F)CC1. The van der Waals surface area contributed by atoms with E-state index in [1.807, 2.05) is 6.92 Å². The van der Waals surface area contributed by atoms with E-state index in [0.29, 0.717) is 30.5 Å². The number of nitrogens with zero attached hydrogens (tertiary/aromatic N) is 3. The van der Waals surface area contributed by atoms with Crippen LogP contribution in [0.3, 0.4) is 0 Å². The Morgan fingerprint density at radius 1 is 1.17 bits per heavy atom. The van der Waals surface area contributed by atoms with Crippen LogP contribution in [-0.4, -0.2) is 34.6 Å². The summed E-state index contributed by atoms with van der Waals surface area (Å²) in [5.41, 5.74) is 1.21. The van der Waals surface area contributed by atoms with Crippen LogP contribution in [0.2, 0.25) is 0 Å². The van der Waals surface area contributed by atoms with Crippen LogP contribution >= 0.6 is 0 Å². The molecule has 2 heterocycles. The zero-order chi connectivity index (χ0) is 16.9. The van der Waals surface area contributed by atoms with Crippen LogP contribution in [0.25, 0.3) is 0 Å². The molecule has 1 fully saturated rings. The van der Waals surface area contributed by atoms with E-state index in [0.717, 1.165) is 37.7 Å². The second kappa shape index (κ2) is 7.66. The van der Waals surface area contributed by atoms with Gasteiger partial charge in [0.15, 0.2) is 0 Å². The fourth-order valence-electron chi connectivity index (χ4n) is 2.95. The molecule has 128 valence electrons. The number of aromatic nitrogens is 2. The van der Waals surface area contributed by atoms with E-state index < -0.39 is 5.82 Å². The zero-order valence-electron chi connectivity index (χ0n) is 13.7. The highest BCUT2D eigenvalue weighted by Gasteiger charge is 2.21. The van der Waals surface area contributed by atoms with Gasteiger partial charge in [0.05, 0.1) is 12.3 Å². The van der Waals surface area contributed by atoms with Crippen molar-refractivity contribution in [2.24, 2.45) is 5.92 Å². The molecule has 1 saturated heterocycles. The average molecular weight is 333 g/mol. The van der Waals surface area contributed by atoms with E-state index in [9.17, 15) is 8.78 Å². The third-order valence-corrected chi connectivity index (χ3v) is 4.40. The lowest BCUT2D eigenvalue weighted by molar-refractivity contribution is 0.133. The molecule has 0 aliphatic carbocycles. The van der Waals surface area contributed by atoms with Crippen molar-refractivity contribution in [3.8, 4) is 5.88 Å². The maximum Gasteiger partial charge on any atom is 0.235 e. The van der Waals surface area contributed by atoms with Crippen LogP contribution < -0.4 is 4.74 Å². The normalized spacial score (nSPS) is 16.3. The molecule has 1 aromatic heterocycles. The smallest absolute Gasteiger partial charge is 0.235 e. The Labute approximate surface area is 140 Å². The van der Waals surface area contributed by atoms with Gasteiger partial charge in [-0.3, -0.25) is 9.88 Å². The topological polar surface area (TPSA) is 38.3 Å². The Morgan fingerprint density at radius 2 is 1.92 bits per heavy atom. The molecule has 3 rings (SSSR count). The first-order valence-electron chi connectivity index (χ1n) is 8.18. The van der Waals surface area contributed by atoms with E-state index in [4.69, 9.17) is 4.74 Å². The quantitative estimate of drug-likeness (QED) is 0.841. The summed E-state index contributed by atoms with van der Waals surface area (Å²) < 4.78 is 32.7. The standard InChI is InChI=1S/C18H21F2N3O/c1-13-18(22-7-6-21-13)24-12-14-4-8-23(9-5-14)11-15-10-16(19)2-3-17(15)20/h2-3,6-7,10,14H,4-5,8-9,11-12H2,1H3. The molecule has 0 spiro atoms. The van der Waals surface area contributed by atoms with Gasteiger partial charge in [0, 0.05) is 24.5 Å².